The Balaban J connectivity index is 1.80. The normalized spacial score (nSPS) is 32.0. The number of benzene rings is 1. The number of likely N-dealkylation sites (N-methyl/N-ethyl adjacent to an activating group) is 1. The lowest BCUT2D eigenvalue weighted by Crippen LogP contribution is -2.69. The zero-order valence-corrected chi connectivity index (χ0v) is 25.0. The molecule has 6 N–H and O–H groups in total. The number of amides is 1. The second kappa shape index (κ2) is 10.4. The van der Waals surface area contributed by atoms with E-state index in [2.05, 4.69) is 0 Å². The summed E-state index contributed by atoms with van der Waals surface area (Å²) in [6, 6.07) is 1.67. The van der Waals surface area contributed by atoms with Crippen LogP contribution in [-0.4, -0.2) is 80.6 Å². The Kier molecular flexibility index (Phi) is 7.48. The van der Waals surface area contributed by atoms with Crippen LogP contribution in [0.2, 0.25) is 0 Å². The maximum Gasteiger partial charge on any atom is 0.309 e. The van der Waals surface area contributed by atoms with Crippen molar-refractivity contribution in [1.82, 2.24) is 4.90 Å². The number of hydrogen-bond donors (Lipinski definition) is 5. The molecule has 4 aliphatic rings. The first-order chi connectivity index (χ1) is 19.2. The van der Waals surface area contributed by atoms with Gasteiger partial charge in [0.25, 0.3) is 5.91 Å². The minimum absolute atomic E-state index is 0.0949. The number of hydrogen-bond acceptors (Lipinski definition) is 10. The number of phenolic OH excluding ortho intramolecular Hbond substituents is 1. The number of ketones is 2. The van der Waals surface area contributed by atoms with Crippen LogP contribution in [-0.2, 0) is 19.1 Å². The molecule has 11 nitrogen and oxygen atoms in total. The number of aliphatic hydroxyl groups is 3. The number of esters is 1. The number of primary amides is 1. The summed E-state index contributed by atoms with van der Waals surface area (Å²) < 4.78 is 6.82. The van der Waals surface area contributed by atoms with Crippen molar-refractivity contribution < 1.29 is 44.3 Å². The molecule has 1 aromatic carbocycles. The highest BCUT2D eigenvalue weighted by molar-refractivity contribution is 14.1. The third kappa shape index (κ3) is 4.20. The number of ether oxygens (including phenoxy) is 1. The lowest BCUT2D eigenvalue weighted by Gasteiger charge is -2.54. The number of carbonyl (C=O) groups excluding carboxylic acids is 4. The van der Waals surface area contributed by atoms with Crippen LogP contribution in [0.25, 0.3) is 0 Å². The van der Waals surface area contributed by atoms with E-state index in [9.17, 15) is 39.6 Å². The van der Waals surface area contributed by atoms with E-state index >= 15 is 0 Å². The zero-order chi connectivity index (χ0) is 30.1. The van der Waals surface area contributed by atoms with Gasteiger partial charge in [-0.3, -0.25) is 24.1 Å². The van der Waals surface area contributed by atoms with E-state index in [1.165, 1.54) is 25.1 Å². The molecular formula is C29H33IN2O9. The molecule has 0 bridgehead atoms. The van der Waals surface area contributed by atoms with Crippen LogP contribution >= 0.6 is 22.6 Å². The van der Waals surface area contributed by atoms with Crippen molar-refractivity contribution in [3.8, 4) is 5.75 Å². The van der Waals surface area contributed by atoms with Crippen LogP contribution in [0.4, 0.5) is 0 Å². The fraction of sp³-hybridized carbons (Fsp3) is 0.517. The average molecular weight is 680 g/mol. The van der Waals surface area contributed by atoms with Gasteiger partial charge in [-0.2, -0.15) is 0 Å². The largest absolute Gasteiger partial charge is 0.510 e. The third-order valence-corrected chi connectivity index (χ3v) is 10.2. The number of aliphatic hydroxyl groups excluding tert-OH is 2. The van der Waals surface area contributed by atoms with Crippen LogP contribution in [0.1, 0.15) is 60.9 Å². The van der Waals surface area contributed by atoms with Crippen molar-refractivity contribution in [2.24, 2.45) is 23.5 Å². The second-order valence-electron chi connectivity index (χ2n) is 11.7. The van der Waals surface area contributed by atoms with E-state index in [0.717, 1.165) is 19.3 Å². The van der Waals surface area contributed by atoms with Gasteiger partial charge >= 0.3 is 5.97 Å². The van der Waals surface area contributed by atoms with Gasteiger partial charge in [0.1, 0.15) is 28.9 Å². The number of aromatic hydroxyl groups is 1. The van der Waals surface area contributed by atoms with E-state index in [1.54, 1.807) is 13.0 Å². The summed E-state index contributed by atoms with van der Waals surface area (Å²) in [7, 11) is 3.05. The minimum atomic E-state index is -2.95. The van der Waals surface area contributed by atoms with E-state index in [0.29, 0.717) is 22.0 Å². The van der Waals surface area contributed by atoms with Gasteiger partial charge in [-0.1, -0.05) is 26.2 Å². The van der Waals surface area contributed by atoms with E-state index < -0.39 is 87.5 Å². The molecule has 4 aliphatic carbocycles. The Labute approximate surface area is 250 Å². The molecule has 1 aromatic rings. The summed E-state index contributed by atoms with van der Waals surface area (Å²) in [5, 5.41) is 45.7. The number of fused-ring (bicyclic) bond motifs is 3. The summed E-state index contributed by atoms with van der Waals surface area (Å²) in [4.78, 5) is 55.2. The molecule has 0 aromatic heterocycles. The highest BCUT2D eigenvalue weighted by Gasteiger charge is 2.68. The summed E-state index contributed by atoms with van der Waals surface area (Å²) in [5.74, 6) is -9.87. The molecule has 0 heterocycles. The number of halogens is 1. The summed E-state index contributed by atoms with van der Waals surface area (Å²) in [5.41, 5.74) is 1.57. The first-order valence-corrected chi connectivity index (χ1v) is 14.7. The predicted molar refractivity (Wildman–Crippen MR) is 153 cm³/mol. The van der Waals surface area contributed by atoms with Crippen molar-refractivity contribution in [3.05, 3.63) is 49.5 Å². The highest BCUT2D eigenvalue weighted by Crippen LogP contribution is 2.57. The Morgan fingerprint density at radius 2 is 1.73 bits per heavy atom. The quantitative estimate of drug-likeness (QED) is 0.180. The molecular weight excluding hydrogens is 647 g/mol. The van der Waals surface area contributed by atoms with E-state index in [1.807, 2.05) is 22.6 Å². The van der Waals surface area contributed by atoms with Gasteiger partial charge in [0.05, 0.1) is 23.4 Å². The van der Waals surface area contributed by atoms with E-state index in [-0.39, 0.29) is 11.3 Å². The van der Waals surface area contributed by atoms with E-state index in [4.69, 9.17) is 10.5 Å². The lowest BCUT2D eigenvalue weighted by atomic mass is 9.55. The predicted octanol–water partition coefficient (Wildman–Crippen LogP) is 2.39. The SMILES string of the molecule is CC1c2c(I)ccc(O)c2C(=O)C2=C(O)[C@]3(O)C(=O)C(C(N)=O)=C(O)[C@@H](N(C)C)C3C(OC(=O)C3CCCCC3)C21. The van der Waals surface area contributed by atoms with Gasteiger partial charge in [-0.15, -0.1) is 0 Å². The lowest BCUT2D eigenvalue weighted by molar-refractivity contribution is -0.184. The third-order valence-electron chi connectivity index (χ3n) is 9.22. The summed E-state index contributed by atoms with van der Waals surface area (Å²) >= 11 is 2.03. The van der Waals surface area contributed by atoms with Crippen molar-refractivity contribution in [2.75, 3.05) is 14.1 Å². The number of rotatable bonds is 4. The molecule has 220 valence electrons. The summed E-state index contributed by atoms with van der Waals surface area (Å²) in [6.45, 7) is 1.75. The smallest absolute Gasteiger partial charge is 0.309 e. The highest BCUT2D eigenvalue weighted by atomic mass is 127. The molecule has 4 unspecified atom stereocenters. The number of phenols is 1. The van der Waals surface area contributed by atoms with Gasteiger partial charge in [-0.25, -0.2) is 0 Å². The molecule has 0 aliphatic heterocycles. The molecule has 5 rings (SSSR count). The van der Waals surface area contributed by atoms with Crippen LogP contribution in [0.15, 0.2) is 34.8 Å². The molecule has 1 fully saturated rings. The molecule has 12 heteroatoms. The number of nitrogens with two attached hydrogens (primary N) is 1. The maximum atomic E-state index is 14.0. The molecule has 1 saturated carbocycles. The Bertz CT molecular complexity index is 1430. The van der Waals surface area contributed by atoms with Crippen molar-refractivity contribution >= 4 is 46.0 Å². The first-order valence-electron chi connectivity index (χ1n) is 13.6. The minimum Gasteiger partial charge on any atom is -0.510 e. The van der Waals surface area contributed by atoms with Gasteiger partial charge < -0.3 is 30.9 Å². The average Bonchev–Trinajstić information content (AvgIpc) is 2.91. The van der Waals surface area contributed by atoms with Gasteiger partial charge in [-0.05, 0) is 73.1 Å². The Hall–Kier alpha value is -2.97. The van der Waals surface area contributed by atoms with Crippen LogP contribution in [0, 0.1) is 21.3 Å². The standard InChI is InChI=1S/C29H33IN2O9/c1-11-15-13(30)9-10-14(33)17(15)22(34)18-16(11)24(41-28(39)12-7-5-4-6-8-12)20-21(32(2)3)23(35)19(27(31)38)26(37)29(20,40)25(18)36/h9-12,16,20-21,24,33,35-36,40H,4-8H2,1-3H3,(H2,31,38)/t11?,16?,20?,21-,24?,29-/m0/s1. The number of nitrogens with zero attached hydrogens (tertiary/aromatic N) is 1. The van der Waals surface area contributed by atoms with Crippen LogP contribution < -0.4 is 5.73 Å². The molecule has 0 spiro atoms. The molecule has 41 heavy (non-hydrogen) atoms. The Morgan fingerprint density at radius 1 is 1.10 bits per heavy atom. The molecule has 0 radical (unpaired) electrons. The fourth-order valence-corrected chi connectivity index (χ4v) is 8.27. The molecule has 6 atom stereocenters. The van der Waals surface area contributed by atoms with Crippen molar-refractivity contribution in [1.29, 1.82) is 0 Å². The van der Waals surface area contributed by atoms with Crippen molar-refractivity contribution in [3.63, 3.8) is 0 Å². The second-order valence-corrected chi connectivity index (χ2v) is 12.8. The molecule has 0 saturated heterocycles. The Morgan fingerprint density at radius 3 is 2.32 bits per heavy atom. The number of carbonyl (C=O) groups is 4. The fourth-order valence-electron chi connectivity index (χ4n) is 7.33. The maximum absolute atomic E-state index is 14.0. The topological polar surface area (TPSA) is 188 Å². The van der Waals surface area contributed by atoms with Crippen LogP contribution in [0.5, 0.6) is 5.75 Å². The molecule has 1 amide bonds. The number of Topliss-reactive ketones (excluding diaryl/α,β-unsaturated/α-hetero) is 2. The van der Waals surface area contributed by atoms with Gasteiger partial charge in [0.2, 0.25) is 5.78 Å². The van der Waals surface area contributed by atoms with Crippen LogP contribution in [0.3, 0.4) is 0 Å². The monoisotopic (exact) mass is 680 g/mol. The van der Waals surface area contributed by atoms with Gasteiger partial charge in [0, 0.05) is 15.1 Å². The zero-order valence-electron chi connectivity index (χ0n) is 22.9. The van der Waals surface area contributed by atoms with Gasteiger partial charge in [0.15, 0.2) is 11.4 Å². The van der Waals surface area contributed by atoms with Crippen molar-refractivity contribution in [2.45, 2.75) is 62.7 Å². The first kappa shape index (κ1) is 29.5. The summed E-state index contributed by atoms with van der Waals surface area (Å²) in [6.07, 6.45) is 2.44.